The number of aromatic nitrogens is 4. The largest absolute Gasteiger partial charge is 0.268 e. The molecule has 1 aromatic carbocycles. The van der Waals surface area contributed by atoms with Crippen LogP contribution < -0.4 is 4.84 Å². The van der Waals surface area contributed by atoms with E-state index in [2.05, 4.69) is 15.5 Å². The molecule has 1 N–H and O–H groups in total. The second kappa shape index (κ2) is 4.05. The van der Waals surface area contributed by atoms with E-state index < -0.39 is 5.91 Å². The molecule has 76 valence electrons. The summed E-state index contributed by atoms with van der Waals surface area (Å²) in [5.74, 6) is -0.400. The molecule has 1 amide bonds. The summed E-state index contributed by atoms with van der Waals surface area (Å²) < 4.78 is 1.39. The van der Waals surface area contributed by atoms with E-state index >= 15 is 0 Å². The Labute approximate surface area is 90.0 Å². The lowest BCUT2D eigenvalue weighted by atomic mass is 10.2. The summed E-state index contributed by atoms with van der Waals surface area (Å²) in [7, 11) is 0. The van der Waals surface area contributed by atoms with Gasteiger partial charge in [0.25, 0.3) is 5.91 Å². The summed E-state index contributed by atoms with van der Waals surface area (Å²) in [6, 6.07) is 6.86. The number of carbonyl (C=O) groups excluding carboxylic acids is 1. The van der Waals surface area contributed by atoms with Crippen LogP contribution in [0.1, 0.15) is 10.4 Å². The molecule has 2 aromatic rings. The maximum Gasteiger partial charge on any atom is 0.267 e. The third kappa shape index (κ3) is 1.79. The molecule has 0 radical (unpaired) electrons. The normalized spacial score (nSPS) is 9.93. The highest BCUT2D eigenvalue weighted by molar-refractivity contribution is 6.24. The van der Waals surface area contributed by atoms with Crippen molar-refractivity contribution in [1.29, 1.82) is 0 Å². The number of para-hydroxylation sites is 1. The summed E-state index contributed by atoms with van der Waals surface area (Å²) in [5.41, 5.74) is 0.973. The first kappa shape index (κ1) is 9.60. The number of hydrogen-bond acceptors (Lipinski definition) is 4. The summed E-state index contributed by atoms with van der Waals surface area (Å²) in [6.07, 6.45) is 1.40. The minimum absolute atomic E-state index is 0.400. The molecular weight excluding hydrogens is 218 g/mol. The van der Waals surface area contributed by atoms with Crippen molar-refractivity contribution >= 4 is 17.7 Å². The Morgan fingerprint density at radius 2 is 2.20 bits per heavy atom. The van der Waals surface area contributed by atoms with Crippen molar-refractivity contribution in [3.63, 3.8) is 0 Å². The lowest BCUT2D eigenvalue weighted by molar-refractivity contribution is 0.0981. The highest BCUT2D eigenvalue weighted by Crippen LogP contribution is 2.12. The summed E-state index contributed by atoms with van der Waals surface area (Å²) >= 11 is 5.26. The highest BCUT2D eigenvalue weighted by atomic mass is 35.5. The number of rotatable bonds is 2. The molecule has 0 bridgehead atoms. The average Bonchev–Trinajstić information content (AvgIpc) is 2.81. The molecule has 0 aliphatic rings. The molecule has 0 fully saturated rings. The lowest BCUT2D eigenvalue weighted by Gasteiger charge is -2.05. The Morgan fingerprint density at radius 3 is 2.87 bits per heavy atom. The van der Waals surface area contributed by atoms with Gasteiger partial charge in [-0.05, 0) is 22.6 Å². The van der Waals surface area contributed by atoms with Crippen LogP contribution in [0.2, 0.25) is 0 Å². The second-order valence-corrected chi connectivity index (χ2v) is 2.88. The Morgan fingerprint density at radius 1 is 1.40 bits per heavy atom. The zero-order valence-corrected chi connectivity index (χ0v) is 8.22. The van der Waals surface area contributed by atoms with Crippen LogP contribution in [0, 0.1) is 0 Å². The lowest BCUT2D eigenvalue weighted by Crippen LogP contribution is -2.15. The van der Waals surface area contributed by atoms with Crippen LogP contribution in [0.4, 0.5) is 0 Å². The molecule has 1 aromatic heterocycles. The first-order valence-electron chi connectivity index (χ1n) is 4.06. The molecule has 2 rings (SSSR count). The zero-order chi connectivity index (χ0) is 10.7. The van der Waals surface area contributed by atoms with Gasteiger partial charge < -0.3 is 0 Å². The van der Waals surface area contributed by atoms with E-state index in [9.17, 15) is 4.79 Å². The molecule has 0 saturated carbocycles. The molecule has 15 heavy (non-hydrogen) atoms. The molecular formula is C8H6ClN5O. The number of halogens is 1. The van der Waals surface area contributed by atoms with E-state index in [1.54, 1.807) is 24.3 Å². The van der Waals surface area contributed by atoms with Gasteiger partial charge in [0.15, 0.2) is 0 Å². The van der Waals surface area contributed by atoms with Gasteiger partial charge in [-0.3, -0.25) is 9.63 Å². The molecule has 0 saturated heterocycles. The topological polar surface area (TPSA) is 72.7 Å². The van der Waals surface area contributed by atoms with Gasteiger partial charge in [0, 0.05) is 11.8 Å². The van der Waals surface area contributed by atoms with Crippen molar-refractivity contribution < 1.29 is 4.79 Å². The summed E-state index contributed by atoms with van der Waals surface area (Å²) in [5, 5.41) is 10.7. The van der Waals surface area contributed by atoms with E-state index in [1.165, 1.54) is 11.0 Å². The van der Waals surface area contributed by atoms with Crippen LogP contribution in [0.3, 0.4) is 0 Å². The van der Waals surface area contributed by atoms with E-state index in [0.29, 0.717) is 11.3 Å². The minimum Gasteiger partial charge on any atom is -0.268 e. The zero-order valence-electron chi connectivity index (χ0n) is 7.46. The predicted molar refractivity (Wildman–Crippen MR) is 52.5 cm³/mol. The van der Waals surface area contributed by atoms with Crippen LogP contribution in [0.15, 0.2) is 30.6 Å². The Balaban J connectivity index is 2.52. The van der Waals surface area contributed by atoms with Crippen LogP contribution >= 0.6 is 11.8 Å². The van der Waals surface area contributed by atoms with Gasteiger partial charge in [0.05, 0.1) is 11.3 Å². The second-order valence-electron chi connectivity index (χ2n) is 2.70. The fraction of sp³-hybridized carbons (Fsp3) is 0. The first-order valence-corrected chi connectivity index (χ1v) is 4.44. The maximum atomic E-state index is 11.4. The van der Waals surface area contributed by atoms with Gasteiger partial charge in [-0.25, -0.2) is 0 Å². The van der Waals surface area contributed by atoms with Gasteiger partial charge in [0.1, 0.15) is 6.33 Å². The van der Waals surface area contributed by atoms with Crippen molar-refractivity contribution in [2.45, 2.75) is 0 Å². The van der Waals surface area contributed by atoms with Gasteiger partial charge in [-0.2, -0.15) is 4.68 Å². The van der Waals surface area contributed by atoms with E-state index in [1.807, 2.05) is 4.84 Å². The average molecular weight is 224 g/mol. The molecule has 0 aliphatic carbocycles. The predicted octanol–water partition coefficient (Wildman–Crippen LogP) is 0.546. The molecule has 0 aliphatic heterocycles. The van der Waals surface area contributed by atoms with Gasteiger partial charge in [-0.15, -0.1) is 5.10 Å². The number of nitrogens with zero attached hydrogens (tertiary/aromatic N) is 4. The van der Waals surface area contributed by atoms with Gasteiger partial charge >= 0.3 is 0 Å². The first-order chi connectivity index (χ1) is 7.33. The van der Waals surface area contributed by atoms with E-state index in [0.717, 1.165) is 0 Å². The van der Waals surface area contributed by atoms with Crippen LogP contribution in [-0.2, 0) is 0 Å². The quantitative estimate of drug-likeness (QED) is 0.755. The molecule has 0 unspecified atom stereocenters. The smallest absolute Gasteiger partial charge is 0.267 e. The summed E-state index contributed by atoms with van der Waals surface area (Å²) in [6.45, 7) is 0. The number of hydrogen-bond donors (Lipinski definition) is 1. The fourth-order valence-electron chi connectivity index (χ4n) is 1.19. The molecule has 0 spiro atoms. The number of carbonyl (C=O) groups is 1. The van der Waals surface area contributed by atoms with Crippen molar-refractivity contribution in [3.05, 3.63) is 36.2 Å². The van der Waals surface area contributed by atoms with Crippen molar-refractivity contribution in [3.8, 4) is 5.69 Å². The maximum absolute atomic E-state index is 11.4. The van der Waals surface area contributed by atoms with Gasteiger partial charge in [0.2, 0.25) is 0 Å². The molecule has 7 heteroatoms. The van der Waals surface area contributed by atoms with E-state index in [4.69, 9.17) is 11.8 Å². The standard InChI is InChI=1S/C8H6ClN5O/c9-11-8(15)6-3-1-2-4-7(6)14-5-10-12-13-14/h1-5H,(H,11,15). The van der Waals surface area contributed by atoms with Gasteiger partial charge in [-0.1, -0.05) is 12.1 Å². The number of amides is 1. The van der Waals surface area contributed by atoms with Crippen LogP contribution in [-0.4, -0.2) is 26.1 Å². The third-order valence-electron chi connectivity index (χ3n) is 1.83. The third-order valence-corrected chi connectivity index (χ3v) is 2.00. The molecule has 6 nitrogen and oxygen atoms in total. The summed E-state index contributed by atoms with van der Waals surface area (Å²) in [4.78, 5) is 13.4. The van der Waals surface area contributed by atoms with Crippen molar-refractivity contribution in [2.75, 3.05) is 0 Å². The molecule has 0 atom stereocenters. The molecule has 1 heterocycles. The highest BCUT2D eigenvalue weighted by Gasteiger charge is 2.11. The monoisotopic (exact) mass is 223 g/mol. The van der Waals surface area contributed by atoms with Crippen LogP contribution in [0.25, 0.3) is 5.69 Å². The Bertz CT molecular complexity index is 470. The van der Waals surface area contributed by atoms with Crippen molar-refractivity contribution in [1.82, 2.24) is 25.0 Å². The van der Waals surface area contributed by atoms with E-state index in [-0.39, 0.29) is 0 Å². The number of tetrazole rings is 1. The number of benzene rings is 1. The fourth-order valence-corrected chi connectivity index (χ4v) is 1.29. The number of nitrogens with one attached hydrogen (secondary N) is 1. The SMILES string of the molecule is O=C(NCl)c1ccccc1-n1cnnn1. The Hall–Kier alpha value is -1.95. The Kier molecular flexibility index (Phi) is 2.59. The van der Waals surface area contributed by atoms with Crippen molar-refractivity contribution in [2.24, 2.45) is 0 Å². The minimum atomic E-state index is -0.400. The van der Waals surface area contributed by atoms with Crippen LogP contribution in [0.5, 0.6) is 0 Å².